The Bertz CT molecular complexity index is 497. The van der Waals surface area contributed by atoms with Crippen molar-refractivity contribution in [1.29, 1.82) is 0 Å². The van der Waals surface area contributed by atoms with Crippen molar-refractivity contribution in [3.05, 3.63) is 30.5 Å². The van der Waals surface area contributed by atoms with E-state index in [9.17, 15) is 0 Å². The third kappa shape index (κ3) is 2.65. The third-order valence-electron chi connectivity index (χ3n) is 2.86. The molecule has 90 valence electrons. The molecule has 4 nitrogen and oxygen atoms in total. The SMILES string of the molecule is Cl.c1ccc2nc(N[C@@H]3CCNC3)cnc2c1. The van der Waals surface area contributed by atoms with Crippen molar-refractivity contribution in [1.82, 2.24) is 15.3 Å². The van der Waals surface area contributed by atoms with Gasteiger partial charge in [0.15, 0.2) is 0 Å². The molecule has 0 amide bonds. The quantitative estimate of drug-likeness (QED) is 0.854. The highest BCUT2D eigenvalue weighted by molar-refractivity contribution is 5.85. The fraction of sp³-hybridized carbons (Fsp3) is 0.333. The average Bonchev–Trinajstić information content (AvgIpc) is 2.82. The molecule has 0 aliphatic carbocycles. The van der Waals surface area contributed by atoms with Crippen molar-refractivity contribution in [3.63, 3.8) is 0 Å². The van der Waals surface area contributed by atoms with E-state index in [0.29, 0.717) is 6.04 Å². The van der Waals surface area contributed by atoms with Crippen molar-refractivity contribution >= 4 is 29.3 Å². The van der Waals surface area contributed by atoms with Crippen LogP contribution in [0.3, 0.4) is 0 Å². The predicted octanol–water partition coefficient (Wildman–Crippen LogP) is 1.83. The van der Waals surface area contributed by atoms with E-state index < -0.39 is 0 Å². The van der Waals surface area contributed by atoms with Crippen molar-refractivity contribution in [2.24, 2.45) is 0 Å². The number of halogens is 1. The highest BCUT2D eigenvalue weighted by Gasteiger charge is 2.14. The van der Waals surface area contributed by atoms with Crippen LogP contribution in [0.5, 0.6) is 0 Å². The van der Waals surface area contributed by atoms with E-state index >= 15 is 0 Å². The molecule has 1 fully saturated rings. The smallest absolute Gasteiger partial charge is 0.145 e. The van der Waals surface area contributed by atoms with Crippen LogP contribution < -0.4 is 10.6 Å². The van der Waals surface area contributed by atoms with Gasteiger partial charge in [0.2, 0.25) is 0 Å². The largest absolute Gasteiger partial charge is 0.365 e. The Morgan fingerprint density at radius 1 is 1.24 bits per heavy atom. The number of nitrogens with one attached hydrogen (secondary N) is 2. The van der Waals surface area contributed by atoms with Gasteiger partial charge in [-0.1, -0.05) is 12.1 Å². The molecule has 1 saturated heterocycles. The lowest BCUT2D eigenvalue weighted by Crippen LogP contribution is -2.22. The minimum atomic E-state index is 0. The summed E-state index contributed by atoms with van der Waals surface area (Å²) in [5.74, 6) is 0.868. The van der Waals surface area contributed by atoms with Gasteiger partial charge in [-0.25, -0.2) is 4.98 Å². The highest BCUT2D eigenvalue weighted by atomic mass is 35.5. The number of para-hydroxylation sites is 2. The van der Waals surface area contributed by atoms with Crippen LogP contribution in [0.1, 0.15) is 6.42 Å². The molecule has 0 bridgehead atoms. The zero-order valence-corrected chi connectivity index (χ0v) is 10.2. The van der Waals surface area contributed by atoms with Gasteiger partial charge in [-0.15, -0.1) is 12.4 Å². The van der Waals surface area contributed by atoms with Gasteiger partial charge >= 0.3 is 0 Å². The first-order valence-corrected chi connectivity index (χ1v) is 5.61. The van der Waals surface area contributed by atoms with Gasteiger partial charge in [-0.2, -0.15) is 0 Å². The van der Waals surface area contributed by atoms with Crippen LogP contribution in [0, 0.1) is 0 Å². The average molecular weight is 251 g/mol. The lowest BCUT2D eigenvalue weighted by molar-refractivity contribution is 0.788. The number of anilines is 1. The van der Waals surface area contributed by atoms with E-state index in [1.165, 1.54) is 0 Å². The summed E-state index contributed by atoms with van der Waals surface area (Å²) in [6, 6.07) is 8.41. The Morgan fingerprint density at radius 2 is 2.06 bits per heavy atom. The van der Waals surface area contributed by atoms with Crippen LogP contribution in [-0.4, -0.2) is 29.1 Å². The summed E-state index contributed by atoms with van der Waals surface area (Å²) in [5.41, 5.74) is 1.89. The Morgan fingerprint density at radius 3 is 2.82 bits per heavy atom. The summed E-state index contributed by atoms with van der Waals surface area (Å²) in [6.45, 7) is 2.09. The molecule has 2 aromatic rings. The topological polar surface area (TPSA) is 49.8 Å². The standard InChI is InChI=1S/C12H14N4.ClH/c1-2-4-11-10(3-1)14-8-12(16-11)15-9-5-6-13-7-9;/h1-4,8-9,13H,5-7H2,(H,15,16);1H/t9-;/m1./s1. The van der Waals surface area contributed by atoms with Gasteiger partial charge in [-0.3, -0.25) is 4.98 Å². The van der Waals surface area contributed by atoms with Crippen LogP contribution >= 0.6 is 12.4 Å². The fourth-order valence-electron chi connectivity index (χ4n) is 2.01. The predicted molar refractivity (Wildman–Crippen MR) is 71.7 cm³/mol. The monoisotopic (exact) mass is 250 g/mol. The first-order chi connectivity index (χ1) is 7.92. The minimum Gasteiger partial charge on any atom is -0.365 e. The number of rotatable bonds is 2. The molecule has 0 saturated carbocycles. The maximum absolute atomic E-state index is 4.54. The Kier molecular flexibility index (Phi) is 3.76. The molecule has 2 heterocycles. The molecule has 2 N–H and O–H groups in total. The molecule has 1 aromatic heterocycles. The molecule has 1 aromatic carbocycles. The molecule has 0 spiro atoms. The molecule has 1 aliphatic heterocycles. The lowest BCUT2D eigenvalue weighted by atomic mass is 10.2. The Labute approximate surface area is 106 Å². The Hall–Kier alpha value is -1.39. The van der Waals surface area contributed by atoms with Crippen LogP contribution in [-0.2, 0) is 0 Å². The number of nitrogens with zero attached hydrogens (tertiary/aromatic N) is 2. The van der Waals surface area contributed by atoms with E-state index in [4.69, 9.17) is 0 Å². The van der Waals surface area contributed by atoms with Gasteiger partial charge in [0.1, 0.15) is 5.82 Å². The summed E-state index contributed by atoms with van der Waals surface area (Å²) in [6.07, 6.45) is 2.95. The molecule has 3 rings (SSSR count). The highest BCUT2D eigenvalue weighted by Crippen LogP contribution is 2.13. The Balaban J connectivity index is 0.00000108. The first-order valence-electron chi connectivity index (χ1n) is 5.61. The molecule has 0 unspecified atom stereocenters. The molecule has 1 aliphatic rings. The summed E-state index contributed by atoms with van der Waals surface area (Å²) in [5, 5.41) is 6.72. The summed E-state index contributed by atoms with van der Waals surface area (Å²) >= 11 is 0. The first kappa shape index (κ1) is 12.1. The summed E-state index contributed by atoms with van der Waals surface area (Å²) in [7, 11) is 0. The van der Waals surface area contributed by atoms with Gasteiger partial charge in [0, 0.05) is 12.6 Å². The number of benzene rings is 1. The fourth-order valence-corrected chi connectivity index (χ4v) is 2.01. The summed E-state index contributed by atoms with van der Waals surface area (Å²) in [4.78, 5) is 8.92. The molecule has 5 heteroatoms. The maximum atomic E-state index is 4.54. The molecule has 17 heavy (non-hydrogen) atoms. The van der Waals surface area contributed by atoms with Crippen molar-refractivity contribution < 1.29 is 0 Å². The minimum absolute atomic E-state index is 0. The zero-order chi connectivity index (χ0) is 10.8. The number of hydrogen-bond donors (Lipinski definition) is 2. The van der Waals surface area contributed by atoms with Crippen molar-refractivity contribution in [3.8, 4) is 0 Å². The summed E-state index contributed by atoms with van der Waals surface area (Å²) < 4.78 is 0. The number of aromatic nitrogens is 2. The second-order valence-electron chi connectivity index (χ2n) is 4.08. The molecule has 1 atom stereocenters. The van der Waals surface area contributed by atoms with E-state index in [1.54, 1.807) is 6.20 Å². The van der Waals surface area contributed by atoms with Crippen LogP contribution in [0.25, 0.3) is 11.0 Å². The van der Waals surface area contributed by atoms with Crippen molar-refractivity contribution in [2.45, 2.75) is 12.5 Å². The normalized spacial score (nSPS) is 18.9. The van der Waals surface area contributed by atoms with Gasteiger partial charge < -0.3 is 10.6 Å². The van der Waals surface area contributed by atoms with Gasteiger partial charge in [-0.05, 0) is 25.1 Å². The van der Waals surface area contributed by atoms with E-state index in [0.717, 1.165) is 36.4 Å². The number of fused-ring (bicyclic) bond motifs is 1. The maximum Gasteiger partial charge on any atom is 0.145 e. The van der Waals surface area contributed by atoms with Crippen molar-refractivity contribution in [2.75, 3.05) is 18.4 Å². The van der Waals surface area contributed by atoms with E-state index in [-0.39, 0.29) is 12.4 Å². The molecular weight excluding hydrogens is 236 g/mol. The van der Waals surface area contributed by atoms with Crippen LogP contribution in [0.15, 0.2) is 30.5 Å². The number of hydrogen-bond acceptors (Lipinski definition) is 4. The van der Waals surface area contributed by atoms with Crippen LogP contribution in [0.4, 0.5) is 5.82 Å². The zero-order valence-electron chi connectivity index (χ0n) is 9.39. The van der Waals surface area contributed by atoms with Crippen LogP contribution in [0.2, 0.25) is 0 Å². The molecular formula is C12H15ClN4. The second kappa shape index (κ2) is 5.29. The third-order valence-corrected chi connectivity index (χ3v) is 2.86. The van der Waals surface area contributed by atoms with E-state index in [1.807, 2.05) is 24.3 Å². The molecule has 0 radical (unpaired) electrons. The second-order valence-corrected chi connectivity index (χ2v) is 4.08. The lowest BCUT2D eigenvalue weighted by Gasteiger charge is -2.11. The van der Waals surface area contributed by atoms with Gasteiger partial charge in [0.25, 0.3) is 0 Å². The van der Waals surface area contributed by atoms with Gasteiger partial charge in [0.05, 0.1) is 17.2 Å². The van der Waals surface area contributed by atoms with E-state index in [2.05, 4.69) is 20.6 Å².